The molecule has 29 heavy (non-hydrogen) atoms. The normalized spacial score (nSPS) is 16.8. The third kappa shape index (κ3) is 4.97. The smallest absolute Gasteiger partial charge is 0.265 e. The van der Waals surface area contributed by atoms with Gasteiger partial charge in [0, 0.05) is 18.2 Å². The van der Waals surface area contributed by atoms with Gasteiger partial charge in [-0.1, -0.05) is 62.4 Å². The van der Waals surface area contributed by atoms with Gasteiger partial charge in [0.1, 0.15) is 5.75 Å². The topological polar surface area (TPSA) is 58.6 Å². The van der Waals surface area contributed by atoms with Gasteiger partial charge in [-0.05, 0) is 30.0 Å². The first-order chi connectivity index (χ1) is 14.2. The second-order valence-corrected chi connectivity index (χ2v) is 8.03. The lowest BCUT2D eigenvalue weighted by molar-refractivity contribution is -0.121. The predicted octanol–water partition coefficient (Wildman–Crippen LogP) is 4.91. The van der Waals surface area contributed by atoms with E-state index >= 15 is 0 Å². The third-order valence-electron chi connectivity index (χ3n) is 5.87. The van der Waals surface area contributed by atoms with Crippen molar-refractivity contribution in [2.24, 2.45) is 5.92 Å². The Morgan fingerprint density at radius 3 is 2.66 bits per heavy atom. The van der Waals surface area contributed by atoms with Crippen LogP contribution in [0, 0.1) is 5.92 Å². The Morgan fingerprint density at radius 1 is 1.07 bits per heavy atom. The number of nitrogens with one attached hydrogen (secondary N) is 1. The largest absolute Gasteiger partial charge is 0.481 e. The standard InChI is InChI=1S/C24H28N2O3/c27-23(14-11-18-7-3-1-4-8-18)25-20-12-13-21-22(15-20)29-17-24(28)26(21)16-19-9-5-2-6-10-19/h2,5-6,9-10,12-13,15,18H,1,3-4,7-8,11,14,16-17H2,(H,25,27). The summed E-state index contributed by atoms with van der Waals surface area (Å²) in [4.78, 5) is 26.5. The van der Waals surface area contributed by atoms with Crippen LogP contribution in [0.3, 0.4) is 0 Å². The number of hydrogen-bond donors (Lipinski definition) is 1. The minimum atomic E-state index is -0.0642. The van der Waals surface area contributed by atoms with Crippen LogP contribution in [0.15, 0.2) is 48.5 Å². The summed E-state index contributed by atoms with van der Waals surface area (Å²) < 4.78 is 5.64. The minimum Gasteiger partial charge on any atom is -0.481 e. The molecule has 1 fully saturated rings. The Balaban J connectivity index is 1.39. The second kappa shape index (κ2) is 9.12. The van der Waals surface area contributed by atoms with Gasteiger partial charge in [0.05, 0.1) is 12.2 Å². The number of fused-ring (bicyclic) bond motifs is 1. The molecule has 2 aromatic carbocycles. The summed E-state index contributed by atoms with van der Waals surface area (Å²) in [5, 5.41) is 2.98. The Kier molecular flexibility index (Phi) is 6.13. The fraction of sp³-hybridized carbons (Fsp3) is 0.417. The zero-order chi connectivity index (χ0) is 20.1. The quantitative estimate of drug-likeness (QED) is 0.760. The lowest BCUT2D eigenvalue weighted by Gasteiger charge is -2.30. The number of nitrogens with zero attached hydrogens (tertiary/aromatic N) is 1. The number of rotatable bonds is 6. The van der Waals surface area contributed by atoms with Gasteiger partial charge < -0.3 is 15.0 Å². The van der Waals surface area contributed by atoms with Gasteiger partial charge in [0.2, 0.25) is 5.91 Å². The molecule has 5 nitrogen and oxygen atoms in total. The summed E-state index contributed by atoms with van der Waals surface area (Å²) in [6.45, 7) is 0.516. The first-order valence-corrected chi connectivity index (χ1v) is 10.6. The summed E-state index contributed by atoms with van der Waals surface area (Å²) in [5.41, 5.74) is 2.52. The van der Waals surface area contributed by atoms with Crippen LogP contribution < -0.4 is 15.0 Å². The lowest BCUT2D eigenvalue weighted by Crippen LogP contribution is -2.38. The first kappa shape index (κ1) is 19.5. The highest BCUT2D eigenvalue weighted by atomic mass is 16.5. The average molecular weight is 392 g/mol. The van der Waals surface area contributed by atoms with Crippen molar-refractivity contribution in [1.29, 1.82) is 0 Å². The molecule has 1 aliphatic carbocycles. The molecule has 0 aromatic heterocycles. The fourth-order valence-electron chi connectivity index (χ4n) is 4.26. The van der Waals surface area contributed by atoms with E-state index in [4.69, 9.17) is 4.74 Å². The van der Waals surface area contributed by atoms with E-state index in [-0.39, 0.29) is 18.4 Å². The molecule has 2 aromatic rings. The van der Waals surface area contributed by atoms with Gasteiger partial charge in [-0.15, -0.1) is 0 Å². The molecular formula is C24H28N2O3. The molecule has 152 valence electrons. The molecule has 0 saturated heterocycles. The van der Waals surface area contributed by atoms with Crippen LogP contribution in [0.2, 0.25) is 0 Å². The molecule has 5 heteroatoms. The highest BCUT2D eigenvalue weighted by Crippen LogP contribution is 2.35. The summed E-state index contributed by atoms with van der Waals surface area (Å²) in [6.07, 6.45) is 7.96. The van der Waals surface area contributed by atoms with Crippen molar-refractivity contribution in [2.75, 3.05) is 16.8 Å². The van der Waals surface area contributed by atoms with E-state index in [0.29, 0.717) is 30.3 Å². The Bertz CT molecular complexity index is 860. The van der Waals surface area contributed by atoms with E-state index in [1.807, 2.05) is 48.5 Å². The zero-order valence-corrected chi connectivity index (χ0v) is 16.7. The number of benzene rings is 2. The molecule has 0 radical (unpaired) electrons. The van der Waals surface area contributed by atoms with Crippen molar-refractivity contribution in [1.82, 2.24) is 0 Å². The zero-order valence-electron chi connectivity index (χ0n) is 16.7. The van der Waals surface area contributed by atoms with Gasteiger partial charge in [0.25, 0.3) is 5.91 Å². The van der Waals surface area contributed by atoms with Crippen molar-refractivity contribution >= 4 is 23.2 Å². The minimum absolute atomic E-state index is 0.0128. The van der Waals surface area contributed by atoms with E-state index in [1.54, 1.807) is 4.90 Å². The highest BCUT2D eigenvalue weighted by Gasteiger charge is 2.26. The van der Waals surface area contributed by atoms with E-state index < -0.39 is 0 Å². The molecule has 0 spiro atoms. The van der Waals surface area contributed by atoms with Crippen molar-refractivity contribution < 1.29 is 14.3 Å². The summed E-state index contributed by atoms with van der Waals surface area (Å²) in [6, 6.07) is 15.4. The van der Waals surface area contributed by atoms with Gasteiger partial charge >= 0.3 is 0 Å². The number of carbonyl (C=O) groups excluding carboxylic acids is 2. The summed E-state index contributed by atoms with van der Waals surface area (Å²) >= 11 is 0. The SMILES string of the molecule is O=C(CCC1CCCCC1)Nc1ccc2c(c1)OCC(=O)N2Cc1ccccc1. The van der Waals surface area contributed by atoms with Gasteiger partial charge in [-0.3, -0.25) is 9.59 Å². The van der Waals surface area contributed by atoms with E-state index in [1.165, 1.54) is 32.1 Å². The van der Waals surface area contributed by atoms with Crippen LogP contribution in [0.5, 0.6) is 5.75 Å². The molecule has 1 heterocycles. The molecule has 4 rings (SSSR count). The lowest BCUT2D eigenvalue weighted by atomic mass is 9.86. The monoisotopic (exact) mass is 392 g/mol. The number of hydrogen-bond acceptors (Lipinski definition) is 3. The molecular weight excluding hydrogens is 364 g/mol. The number of amides is 2. The molecule has 1 aliphatic heterocycles. The molecule has 2 amide bonds. The van der Waals surface area contributed by atoms with Crippen molar-refractivity contribution in [3.63, 3.8) is 0 Å². The maximum Gasteiger partial charge on any atom is 0.265 e. The maximum absolute atomic E-state index is 12.4. The van der Waals surface area contributed by atoms with Crippen LogP contribution in [0.25, 0.3) is 0 Å². The van der Waals surface area contributed by atoms with Crippen LogP contribution >= 0.6 is 0 Å². The van der Waals surface area contributed by atoms with Crippen molar-refractivity contribution in [3.8, 4) is 5.75 Å². The highest BCUT2D eigenvalue weighted by molar-refractivity contribution is 5.99. The van der Waals surface area contributed by atoms with E-state index in [0.717, 1.165) is 17.7 Å². The average Bonchev–Trinajstić information content (AvgIpc) is 2.76. The van der Waals surface area contributed by atoms with Crippen LogP contribution in [-0.4, -0.2) is 18.4 Å². The van der Waals surface area contributed by atoms with Gasteiger partial charge in [-0.25, -0.2) is 0 Å². The molecule has 1 saturated carbocycles. The van der Waals surface area contributed by atoms with Crippen molar-refractivity contribution in [3.05, 3.63) is 54.1 Å². The number of anilines is 2. The summed E-state index contributed by atoms with van der Waals surface area (Å²) in [5.74, 6) is 1.30. The van der Waals surface area contributed by atoms with Crippen LogP contribution in [-0.2, 0) is 16.1 Å². The Labute approximate surface area is 172 Å². The Hall–Kier alpha value is -2.82. The third-order valence-corrected chi connectivity index (χ3v) is 5.87. The molecule has 0 atom stereocenters. The molecule has 2 aliphatic rings. The van der Waals surface area contributed by atoms with E-state index in [9.17, 15) is 9.59 Å². The van der Waals surface area contributed by atoms with Crippen LogP contribution in [0.1, 0.15) is 50.5 Å². The fourth-order valence-corrected chi connectivity index (χ4v) is 4.26. The molecule has 1 N–H and O–H groups in total. The van der Waals surface area contributed by atoms with Crippen molar-refractivity contribution in [2.45, 2.75) is 51.5 Å². The molecule has 0 bridgehead atoms. The molecule has 0 unspecified atom stereocenters. The number of carbonyl (C=O) groups is 2. The van der Waals surface area contributed by atoms with Crippen LogP contribution in [0.4, 0.5) is 11.4 Å². The predicted molar refractivity (Wildman–Crippen MR) is 114 cm³/mol. The van der Waals surface area contributed by atoms with Gasteiger partial charge in [0.15, 0.2) is 6.61 Å². The summed E-state index contributed by atoms with van der Waals surface area (Å²) in [7, 11) is 0. The second-order valence-electron chi connectivity index (χ2n) is 8.03. The maximum atomic E-state index is 12.4. The number of ether oxygens (including phenoxy) is 1. The van der Waals surface area contributed by atoms with E-state index in [2.05, 4.69) is 5.32 Å². The van der Waals surface area contributed by atoms with Gasteiger partial charge in [-0.2, -0.15) is 0 Å². The first-order valence-electron chi connectivity index (χ1n) is 10.6. The Morgan fingerprint density at radius 2 is 1.86 bits per heavy atom.